The molecule has 1 aliphatic rings. The molecule has 1 aromatic heterocycles. The zero-order valence-corrected chi connectivity index (χ0v) is 18.7. The molecule has 1 aromatic carbocycles. The maximum atomic E-state index is 13.0. The van der Waals surface area contributed by atoms with Crippen LogP contribution in [0.25, 0.3) is 12.2 Å². The highest BCUT2D eigenvalue weighted by molar-refractivity contribution is 6.07. The smallest absolute Gasteiger partial charge is 0.267 e. The first-order valence-corrected chi connectivity index (χ1v) is 10.7. The minimum Gasteiger partial charge on any atom is -0.298 e. The molecule has 0 spiro atoms. The number of piperazine rings is 1. The number of allylic oxidation sites excluding steroid dienone is 1. The molecular formula is C25H30N4O3. The Balaban J connectivity index is 1.72. The summed E-state index contributed by atoms with van der Waals surface area (Å²) in [4.78, 5) is 33.3. The second-order valence-corrected chi connectivity index (χ2v) is 8.21. The molecule has 0 aliphatic carbocycles. The zero-order valence-electron chi connectivity index (χ0n) is 18.7. The Bertz CT molecular complexity index is 1010. The number of carbonyl (C=O) groups excluding carboxylic acids is 2. The summed E-state index contributed by atoms with van der Waals surface area (Å²) in [6, 6.07) is 14.0. The number of aromatic nitrogens is 1. The van der Waals surface area contributed by atoms with Crippen molar-refractivity contribution < 1.29 is 14.8 Å². The van der Waals surface area contributed by atoms with Crippen LogP contribution in [0.15, 0.2) is 54.6 Å². The fourth-order valence-electron chi connectivity index (χ4n) is 3.89. The van der Waals surface area contributed by atoms with Crippen molar-refractivity contribution in [3.05, 3.63) is 77.1 Å². The predicted octanol–water partition coefficient (Wildman–Crippen LogP) is 3.02. The number of rotatable bonds is 7. The average Bonchev–Trinajstić information content (AvgIpc) is 2.80. The van der Waals surface area contributed by atoms with Gasteiger partial charge in [0.15, 0.2) is 5.78 Å². The van der Waals surface area contributed by atoms with Gasteiger partial charge < -0.3 is 0 Å². The van der Waals surface area contributed by atoms with Crippen LogP contribution < -0.4 is 5.48 Å². The molecule has 1 saturated heterocycles. The third-order valence-electron chi connectivity index (χ3n) is 5.83. The van der Waals surface area contributed by atoms with Crippen molar-refractivity contribution >= 4 is 23.8 Å². The van der Waals surface area contributed by atoms with Gasteiger partial charge in [0.1, 0.15) is 0 Å². The third-order valence-corrected chi connectivity index (χ3v) is 5.83. The van der Waals surface area contributed by atoms with E-state index in [9.17, 15) is 9.59 Å². The highest BCUT2D eigenvalue weighted by atomic mass is 16.5. The summed E-state index contributed by atoms with van der Waals surface area (Å²) in [5.41, 5.74) is 4.39. The van der Waals surface area contributed by atoms with Crippen LogP contribution in [0.4, 0.5) is 0 Å². The van der Waals surface area contributed by atoms with Gasteiger partial charge in [0.05, 0.1) is 11.4 Å². The quantitative estimate of drug-likeness (QED) is 0.302. The van der Waals surface area contributed by atoms with E-state index < -0.39 is 5.91 Å². The number of pyridine rings is 1. The molecule has 7 heteroatoms. The standard InChI is InChI=1S/C25H30N4O3/c1-18-15-29(16-19(2)28(18)3)17-20-7-4-5-10-23(20)24(30)13-11-21-8-6-9-22(26-21)12-14-25(31)27-32/h4-14,18-19,32H,15-17H2,1-3H3,(H,27,31)/b13-11+,14-12+/t18-,19+. The molecule has 0 unspecified atom stereocenters. The van der Waals surface area contributed by atoms with Gasteiger partial charge in [0, 0.05) is 43.4 Å². The van der Waals surface area contributed by atoms with E-state index in [1.165, 1.54) is 23.7 Å². The summed E-state index contributed by atoms with van der Waals surface area (Å²) in [5.74, 6) is -0.707. The molecule has 168 valence electrons. The number of ketones is 1. The van der Waals surface area contributed by atoms with E-state index >= 15 is 0 Å². The van der Waals surface area contributed by atoms with E-state index in [1.54, 1.807) is 24.3 Å². The van der Waals surface area contributed by atoms with Crippen molar-refractivity contribution in [2.45, 2.75) is 32.5 Å². The lowest BCUT2D eigenvalue weighted by atomic mass is 10.0. The maximum Gasteiger partial charge on any atom is 0.267 e. The van der Waals surface area contributed by atoms with Crippen molar-refractivity contribution in [3.8, 4) is 0 Å². The lowest BCUT2D eigenvalue weighted by molar-refractivity contribution is -0.124. The first-order chi connectivity index (χ1) is 15.4. The van der Waals surface area contributed by atoms with Crippen LogP contribution in [0.5, 0.6) is 0 Å². The number of nitrogens with one attached hydrogen (secondary N) is 1. The van der Waals surface area contributed by atoms with Gasteiger partial charge in [0.25, 0.3) is 5.91 Å². The van der Waals surface area contributed by atoms with Crippen molar-refractivity contribution in [2.75, 3.05) is 20.1 Å². The van der Waals surface area contributed by atoms with Gasteiger partial charge in [-0.2, -0.15) is 0 Å². The molecule has 1 aliphatic heterocycles. The Morgan fingerprint density at radius 2 is 1.66 bits per heavy atom. The number of hydroxylamine groups is 1. The molecule has 32 heavy (non-hydrogen) atoms. The number of nitrogens with zero attached hydrogens (tertiary/aromatic N) is 3. The monoisotopic (exact) mass is 434 g/mol. The third kappa shape index (κ3) is 6.20. The van der Waals surface area contributed by atoms with E-state index in [1.807, 2.05) is 24.3 Å². The molecule has 1 amide bonds. The predicted molar refractivity (Wildman–Crippen MR) is 125 cm³/mol. The van der Waals surface area contributed by atoms with Crippen molar-refractivity contribution in [3.63, 3.8) is 0 Å². The Kier molecular flexibility index (Phi) is 8.05. The van der Waals surface area contributed by atoms with Crippen LogP contribution in [-0.2, 0) is 11.3 Å². The topological polar surface area (TPSA) is 85.8 Å². The summed E-state index contributed by atoms with van der Waals surface area (Å²) in [6.07, 6.45) is 5.86. The van der Waals surface area contributed by atoms with E-state index in [0.717, 1.165) is 25.2 Å². The summed E-state index contributed by atoms with van der Waals surface area (Å²) in [7, 11) is 2.16. The van der Waals surface area contributed by atoms with Crippen LogP contribution in [0, 0.1) is 0 Å². The number of likely N-dealkylation sites (N-methyl/N-ethyl adjacent to an activating group) is 1. The Labute approximate surface area is 189 Å². The molecule has 1 fully saturated rings. The molecule has 7 nitrogen and oxygen atoms in total. The number of hydrogen-bond acceptors (Lipinski definition) is 6. The minimum absolute atomic E-state index is 0.0711. The van der Waals surface area contributed by atoms with Crippen LogP contribution in [0.2, 0.25) is 0 Å². The lowest BCUT2D eigenvalue weighted by Gasteiger charge is -2.42. The van der Waals surface area contributed by atoms with Crippen LogP contribution in [0.3, 0.4) is 0 Å². The summed E-state index contributed by atoms with van der Waals surface area (Å²) < 4.78 is 0. The zero-order chi connectivity index (χ0) is 23.1. The van der Waals surface area contributed by atoms with Crippen LogP contribution in [0.1, 0.15) is 41.2 Å². The van der Waals surface area contributed by atoms with E-state index in [0.29, 0.717) is 29.0 Å². The molecule has 3 rings (SSSR count). The summed E-state index contributed by atoms with van der Waals surface area (Å²) >= 11 is 0. The molecule has 0 radical (unpaired) electrons. The van der Waals surface area contributed by atoms with E-state index in [2.05, 4.69) is 35.7 Å². The second kappa shape index (κ2) is 10.9. The molecule has 2 heterocycles. The fourth-order valence-corrected chi connectivity index (χ4v) is 3.89. The first kappa shape index (κ1) is 23.5. The van der Waals surface area contributed by atoms with Gasteiger partial charge in [-0.25, -0.2) is 10.5 Å². The van der Waals surface area contributed by atoms with Gasteiger partial charge >= 0.3 is 0 Å². The summed E-state index contributed by atoms with van der Waals surface area (Å²) in [6.45, 7) is 7.14. The molecular weight excluding hydrogens is 404 g/mol. The number of benzene rings is 1. The van der Waals surface area contributed by atoms with Gasteiger partial charge in [-0.05, 0) is 56.8 Å². The summed E-state index contributed by atoms with van der Waals surface area (Å²) in [5, 5.41) is 8.56. The lowest BCUT2D eigenvalue weighted by Crippen LogP contribution is -2.54. The first-order valence-electron chi connectivity index (χ1n) is 10.7. The van der Waals surface area contributed by atoms with Gasteiger partial charge in [-0.15, -0.1) is 0 Å². The molecule has 0 saturated carbocycles. The maximum absolute atomic E-state index is 13.0. The van der Waals surface area contributed by atoms with Crippen molar-refractivity contribution in [1.29, 1.82) is 0 Å². The average molecular weight is 435 g/mol. The minimum atomic E-state index is -0.635. The number of carbonyl (C=O) groups is 2. The molecule has 0 bridgehead atoms. The van der Waals surface area contributed by atoms with Crippen molar-refractivity contribution in [2.24, 2.45) is 0 Å². The molecule has 2 atom stereocenters. The normalized spacial score (nSPS) is 20.1. The largest absolute Gasteiger partial charge is 0.298 e. The fraction of sp³-hybridized carbons (Fsp3) is 0.320. The molecule has 2 N–H and O–H groups in total. The molecule has 2 aromatic rings. The van der Waals surface area contributed by atoms with E-state index in [4.69, 9.17) is 5.21 Å². The van der Waals surface area contributed by atoms with Gasteiger partial charge in [0.2, 0.25) is 0 Å². The van der Waals surface area contributed by atoms with E-state index in [-0.39, 0.29) is 5.78 Å². The van der Waals surface area contributed by atoms with Gasteiger partial charge in [-0.3, -0.25) is 24.6 Å². The van der Waals surface area contributed by atoms with Crippen LogP contribution in [-0.4, -0.2) is 63.9 Å². The number of amides is 1. The number of hydrogen-bond donors (Lipinski definition) is 2. The van der Waals surface area contributed by atoms with Crippen molar-refractivity contribution in [1.82, 2.24) is 20.3 Å². The van der Waals surface area contributed by atoms with Crippen LogP contribution >= 0.6 is 0 Å². The van der Waals surface area contributed by atoms with Gasteiger partial charge in [-0.1, -0.05) is 30.3 Å². The highest BCUT2D eigenvalue weighted by Crippen LogP contribution is 2.19. The highest BCUT2D eigenvalue weighted by Gasteiger charge is 2.26. The Morgan fingerprint density at radius 3 is 2.31 bits per heavy atom. The SMILES string of the molecule is C[C@@H]1CN(Cc2ccccc2C(=O)/C=C/c2cccc(/C=C/C(=O)NO)n2)C[C@H](C)N1C. The Hall–Kier alpha value is -3.13. The Morgan fingerprint density at radius 1 is 1.03 bits per heavy atom. The second-order valence-electron chi connectivity index (χ2n) is 8.21.